The number of Topliss-reactive ketones (excluding diaryl/α,β-unsaturated/α-hetero) is 2. The number of aliphatic hydroxyl groups is 1. The molecule has 13 aromatic rings. The third-order valence-electron chi connectivity index (χ3n) is 20.7. The van der Waals surface area contributed by atoms with Crippen molar-refractivity contribution in [3.05, 3.63) is 272 Å². The van der Waals surface area contributed by atoms with Gasteiger partial charge in [-0.3, -0.25) is 51.9 Å². The number of nitrogens with one attached hydrogen (secondary N) is 3. The fourth-order valence-electron chi connectivity index (χ4n) is 13.7. The Balaban J connectivity index is 0.000000417. The van der Waals surface area contributed by atoms with Crippen molar-refractivity contribution in [2.45, 2.75) is 104 Å². The Morgan fingerprint density at radius 1 is 0.515 bits per heavy atom. The Morgan fingerprint density at radius 3 is 1.16 bits per heavy atom. The molecule has 29 nitrogen and oxygen atoms in total. The van der Waals surface area contributed by atoms with Crippen LogP contribution >= 0.6 is 22.7 Å². The van der Waals surface area contributed by atoms with Crippen LogP contribution in [0.1, 0.15) is 145 Å². The first-order valence-corrected chi connectivity index (χ1v) is 41.4. The second-order valence-electron chi connectivity index (χ2n) is 28.7. The van der Waals surface area contributed by atoms with Crippen LogP contribution in [0.25, 0.3) is 56.1 Å². The van der Waals surface area contributed by atoms with E-state index in [4.69, 9.17) is 42.6 Å². The normalized spacial score (nSPS) is 13.3. The number of aliphatic hydroxyl groups excluding tert-OH is 1. The van der Waals surface area contributed by atoms with Crippen molar-refractivity contribution in [1.29, 1.82) is 0 Å². The van der Waals surface area contributed by atoms with E-state index in [9.17, 15) is 50.7 Å². The summed E-state index contributed by atoms with van der Waals surface area (Å²) in [7, 11) is 3.56. The molecule has 706 valence electrons. The van der Waals surface area contributed by atoms with Gasteiger partial charge in [0.15, 0.2) is 21.6 Å². The predicted molar refractivity (Wildman–Crippen MR) is 509 cm³/mol. The number of aryl methyl sites for hydroxylation is 3. The van der Waals surface area contributed by atoms with Crippen LogP contribution in [0.3, 0.4) is 0 Å². The molecule has 37 heteroatoms. The summed E-state index contributed by atoms with van der Waals surface area (Å²) in [6.07, 6.45) is 3.35. The average molecular weight is 1880 g/mol. The van der Waals surface area contributed by atoms with Gasteiger partial charge in [-0.05, 0) is 211 Å². The first-order chi connectivity index (χ1) is 61.0. The first kappa shape index (κ1) is 113. The molecule has 0 radical (unpaired) electrons. The number of imidazole rings is 3. The number of methoxy groups -OCH3 is 3. The van der Waals surface area contributed by atoms with Crippen LogP contribution in [0.4, 0.5) is 39.0 Å². The van der Waals surface area contributed by atoms with E-state index >= 15 is 0 Å². The van der Waals surface area contributed by atoms with E-state index in [1.165, 1.54) is 119 Å². The van der Waals surface area contributed by atoms with Crippen molar-refractivity contribution in [3.8, 4) is 17.1 Å². The number of hydrogen-bond acceptors (Lipinski definition) is 23. The molecule has 0 spiro atoms. The molecule has 9 heterocycles. The van der Waals surface area contributed by atoms with Gasteiger partial charge in [-0.1, -0.05) is 37.1 Å². The Hall–Kier alpha value is -11.5. The zero-order valence-electron chi connectivity index (χ0n) is 73.1. The zero-order chi connectivity index (χ0) is 92.2. The van der Waals surface area contributed by atoms with E-state index in [2.05, 4.69) is 45.4 Å². The topological polar surface area (TPSA) is 360 Å². The van der Waals surface area contributed by atoms with E-state index in [0.29, 0.717) is 87.7 Å². The van der Waals surface area contributed by atoms with Gasteiger partial charge in [-0.15, -0.1) is 22.7 Å². The second kappa shape index (κ2) is 55.1. The first-order valence-electron chi connectivity index (χ1n) is 40.3. The SMILES string of the molecule is C.C.C.C.C.CC(=O)c1ccc(Nc2ccc(F)cc2)c(N)c1.CC(=O)c1ccc2c(c1)nc(C)n2-c1ccc(F)cc1.CCO.COC(C)(OC)OC.Cc1nc2cc(C(=O)N3CC(N4CCN(C(=O)c5nccs5)CC4)C3)ccc2n1-c1ccc(F)cc1.Cc1nc2cc(C(=O)O)ccc2n1-c1ccc(F)cc1.O=C(c1nccs1)N1CCN(C2CNC2)CC1.[2H]CF.[NH-]O.[Na+]. The van der Waals surface area contributed by atoms with Crippen LogP contribution in [0.5, 0.6) is 0 Å². The van der Waals surface area contributed by atoms with E-state index in [1.807, 2.05) is 84.2 Å². The number of anilines is 3. The molecule has 4 saturated heterocycles. The molecule has 8 aromatic carbocycles. The molecule has 132 heavy (non-hydrogen) atoms. The number of carbonyl (C=O) groups is 6. The summed E-state index contributed by atoms with van der Waals surface area (Å²) < 4.78 is 87.8. The number of nitrogen functional groups attached to an aromatic ring is 1. The number of aromatic nitrogens is 8. The predicted octanol–water partition coefficient (Wildman–Crippen LogP) is 15.1. The Bertz CT molecular complexity index is 5630. The van der Waals surface area contributed by atoms with Gasteiger partial charge in [0, 0.05) is 188 Å². The van der Waals surface area contributed by atoms with Crippen molar-refractivity contribution in [2.24, 2.45) is 0 Å². The molecule has 5 aromatic heterocycles. The number of ether oxygens (including phenoxy) is 3. The number of piperazine rings is 2. The maximum atomic E-state index is 13.4. The van der Waals surface area contributed by atoms with Gasteiger partial charge >= 0.3 is 35.5 Å². The number of fused-ring (bicyclic) bond motifs is 3. The molecule has 0 bridgehead atoms. The largest absolute Gasteiger partial charge is 1.00 e. The minimum atomic E-state index is -1.00. The van der Waals surface area contributed by atoms with Crippen molar-refractivity contribution in [2.75, 3.05) is 125 Å². The Morgan fingerprint density at radius 2 is 0.841 bits per heavy atom. The van der Waals surface area contributed by atoms with E-state index < -0.39 is 19.1 Å². The number of carbonyl (C=O) groups excluding carboxylic acids is 5. The Kier molecular flexibility index (Phi) is 47.1. The number of ketones is 2. The summed E-state index contributed by atoms with van der Waals surface area (Å²) in [5.41, 5.74) is 16.9. The average Bonchev–Trinajstić information content (AvgIpc) is 1.67. The number of nitrogens with two attached hydrogens (primary N) is 1. The molecule has 8 N–H and O–H groups in total. The zero-order valence-corrected chi connectivity index (χ0v) is 75.8. The summed E-state index contributed by atoms with van der Waals surface area (Å²) in [5.74, 6) is 4.11. The van der Waals surface area contributed by atoms with Crippen LogP contribution in [0.15, 0.2) is 193 Å². The van der Waals surface area contributed by atoms with Gasteiger partial charge < -0.3 is 66.6 Å². The Labute approximate surface area is 799 Å². The van der Waals surface area contributed by atoms with Gasteiger partial charge in [0.1, 0.15) is 40.7 Å². The summed E-state index contributed by atoms with van der Waals surface area (Å²) in [5, 5.41) is 34.0. The van der Waals surface area contributed by atoms with Gasteiger partial charge in [-0.2, -0.15) is 0 Å². The van der Waals surface area contributed by atoms with Gasteiger partial charge in [0.25, 0.3) is 23.7 Å². The second-order valence-corrected chi connectivity index (χ2v) is 30.5. The number of alkyl halides is 1. The van der Waals surface area contributed by atoms with Crippen LogP contribution in [0.2, 0.25) is 0 Å². The minimum Gasteiger partial charge on any atom is -0.553 e. The quantitative estimate of drug-likeness (QED) is 0.0131. The number of likely N-dealkylation sites (tertiary alicyclic amines) is 1. The molecule has 4 fully saturated rings. The number of hydrogen-bond donors (Lipinski definition) is 6. The van der Waals surface area contributed by atoms with Crippen molar-refractivity contribution in [1.82, 2.24) is 68.4 Å². The maximum Gasteiger partial charge on any atom is 1.00 e. The molecule has 17 rings (SSSR count). The van der Waals surface area contributed by atoms with Crippen molar-refractivity contribution in [3.63, 3.8) is 0 Å². The molecule has 0 saturated carbocycles. The third kappa shape index (κ3) is 30.0. The molecular formula is C95H121F5N17NaO12S2. The number of amides is 3. The maximum absolute atomic E-state index is 13.4. The molecule has 0 aliphatic carbocycles. The van der Waals surface area contributed by atoms with Gasteiger partial charge in [0.2, 0.25) is 0 Å². The summed E-state index contributed by atoms with van der Waals surface area (Å²) in [6.45, 7) is 22.4. The molecule has 4 aliphatic heterocycles. The minimum absolute atomic E-state index is 0. The fourth-order valence-corrected chi connectivity index (χ4v) is 14.9. The van der Waals surface area contributed by atoms with Crippen molar-refractivity contribution >= 4 is 108 Å². The number of carboxylic acids is 1. The molecule has 0 unspecified atom stereocenters. The van der Waals surface area contributed by atoms with E-state index in [1.54, 1.807) is 111 Å². The summed E-state index contributed by atoms with van der Waals surface area (Å²) in [6, 6.07) is 46.4. The number of aromatic carboxylic acids is 1. The van der Waals surface area contributed by atoms with Gasteiger partial charge in [0.05, 0.1) is 58.6 Å². The number of halogens is 5. The monoisotopic (exact) mass is 1870 g/mol. The molecular weight excluding hydrogens is 1750 g/mol. The van der Waals surface area contributed by atoms with Gasteiger partial charge in [-0.25, -0.2) is 47.3 Å². The van der Waals surface area contributed by atoms with Crippen LogP contribution in [0, 0.1) is 44.0 Å². The van der Waals surface area contributed by atoms with Crippen molar-refractivity contribution < 1.29 is 111 Å². The molecule has 3 amide bonds. The summed E-state index contributed by atoms with van der Waals surface area (Å²) in [4.78, 5) is 103. The van der Waals surface area contributed by atoms with Crippen LogP contribution in [-0.4, -0.2) is 245 Å². The van der Waals surface area contributed by atoms with Crippen LogP contribution in [-0.2, 0) is 14.2 Å². The fraction of sp³-hybridized carbons (Fsp3) is 0.337. The number of carboxylic acid groups (broad SMARTS) is 1. The smallest absolute Gasteiger partial charge is 0.553 e. The number of thiazole rings is 2. The standard InChI is InChI=1S/C26H25FN6O2S.C16H13FN2O.C15H11FN2O2.C14H13FN2O.C11H16N4OS.C5H12O3.C2H6O.CH3F.5CH4.H2NO.Na/c1-17-29-22-14-18(2-7-23(22)33(17)20-5-3-19(27)4-6-20)25(34)32-15-21(16-32)30-9-11-31(12-10-30)26(35)24-28-8-13-36-24;1-10(20)12-3-8-16-15(9-12)18-11(2)19(16)14-6-4-13(17)5-7-14;1-9-17-13-8-10(15(19)20)2-7-14(13)18(9)12-5-3-11(16)4-6-12;1-9(18)10-2-7-14(13(16)8-10)17-12-5-3-11(15)4-6-12;16-11(10-13-1-6-17-10)15-4-2-14(3-5-15)9-7-12-8-9;1-5(6-2,7-3)8-4;1-2-3;1-2;;;;;;1-2;/h2-8,13-14,21H,9-12,15-16H2,1H3;3-9H,1-2H3;2-8H,1H3,(H,19,20);2-8,17H,16H2,1H3;1,6,9,12H,2-5,7-8H2;1-4H3;3H,2H2,1H3;1H3;5*1H4;1-2H;/q;;;;;;;;;;;;;-1;+1/i;;;;;;;1D;;;;;;;. The third-order valence-corrected chi connectivity index (χ3v) is 22.2. The molecule has 0 atom stereocenters. The van der Waals surface area contributed by atoms with E-state index in [0.717, 1.165) is 114 Å². The molecule has 4 aliphatic rings. The number of nitrogens with zero attached hydrogens (tertiary/aromatic N) is 13. The van der Waals surface area contributed by atoms with E-state index in [-0.39, 0.29) is 131 Å². The summed E-state index contributed by atoms with van der Waals surface area (Å²) >= 11 is 2.79. The van der Waals surface area contributed by atoms with Crippen LogP contribution < -0.4 is 45.9 Å². The number of benzene rings is 8. The number of rotatable bonds is 16.